The fraction of sp³-hybridized carbons (Fsp3) is 0.125. The Bertz CT molecular complexity index is 1240. The van der Waals surface area contributed by atoms with Gasteiger partial charge >= 0.3 is 0 Å². The van der Waals surface area contributed by atoms with Gasteiger partial charge in [-0.1, -0.05) is 35.9 Å². The minimum atomic E-state index is -0.365. The lowest BCUT2D eigenvalue weighted by Crippen LogP contribution is -2.27. The second-order valence-electron chi connectivity index (χ2n) is 7.00. The molecule has 0 aliphatic carbocycles. The fourth-order valence-electron chi connectivity index (χ4n) is 3.18. The molecule has 0 bridgehead atoms. The van der Waals surface area contributed by atoms with Crippen molar-refractivity contribution in [3.63, 3.8) is 0 Å². The molecule has 33 heavy (non-hydrogen) atoms. The van der Waals surface area contributed by atoms with Crippen LogP contribution in [0, 0.1) is 0 Å². The van der Waals surface area contributed by atoms with Crippen LogP contribution in [0.25, 0.3) is 6.08 Å². The highest BCUT2D eigenvalue weighted by atomic mass is 79.9. The molecule has 0 atom stereocenters. The molecule has 2 aromatic carbocycles. The highest BCUT2D eigenvalue weighted by Crippen LogP contribution is 2.39. The Balaban J connectivity index is 1.54. The molecule has 1 aromatic heterocycles. The first-order valence-corrected chi connectivity index (χ1v) is 11.8. The van der Waals surface area contributed by atoms with E-state index in [1.165, 1.54) is 12.0 Å². The second kappa shape index (κ2) is 10.4. The van der Waals surface area contributed by atoms with Crippen molar-refractivity contribution < 1.29 is 19.1 Å². The zero-order chi connectivity index (χ0) is 23.4. The number of aromatic nitrogens is 1. The number of hydrogen-bond acceptors (Lipinski definition) is 6. The van der Waals surface area contributed by atoms with Crippen LogP contribution in [0.15, 0.2) is 70.2 Å². The number of halogens is 2. The van der Waals surface area contributed by atoms with Crippen molar-refractivity contribution in [2.45, 2.75) is 13.2 Å². The molecule has 0 radical (unpaired) electrons. The maximum absolute atomic E-state index is 12.9. The summed E-state index contributed by atoms with van der Waals surface area (Å²) in [7, 11) is 1.54. The van der Waals surface area contributed by atoms with Crippen molar-refractivity contribution in [3.8, 4) is 11.5 Å². The van der Waals surface area contributed by atoms with E-state index in [9.17, 15) is 9.59 Å². The quantitative estimate of drug-likeness (QED) is 0.324. The molecule has 1 fully saturated rings. The van der Waals surface area contributed by atoms with E-state index in [1.807, 2.05) is 24.3 Å². The predicted molar refractivity (Wildman–Crippen MR) is 132 cm³/mol. The largest absolute Gasteiger partial charge is 0.493 e. The van der Waals surface area contributed by atoms with E-state index in [0.29, 0.717) is 37.0 Å². The van der Waals surface area contributed by atoms with Crippen LogP contribution >= 0.6 is 39.3 Å². The van der Waals surface area contributed by atoms with Crippen molar-refractivity contribution in [2.24, 2.45) is 0 Å². The normalized spacial score (nSPS) is 14.8. The number of nitrogens with zero attached hydrogens (tertiary/aromatic N) is 2. The van der Waals surface area contributed by atoms with Gasteiger partial charge in [-0.05, 0) is 75.2 Å². The summed E-state index contributed by atoms with van der Waals surface area (Å²) in [5.74, 6) is 0.643. The Morgan fingerprint density at radius 3 is 2.67 bits per heavy atom. The van der Waals surface area contributed by atoms with Gasteiger partial charge in [-0.2, -0.15) is 0 Å². The van der Waals surface area contributed by atoms with Gasteiger partial charge in [0.1, 0.15) is 6.61 Å². The van der Waals surface area contributed by atoms with Crippen molar-refractivity contribution >= 4 is 56.5 Å². The molecule has 0 spiro atoms. The topological polar surface area (TPSA) is 68.7 Å². The molecule has 1 aliphatic rings. The van der Waals surface area contributed by atoms with Crippen LogP contribution in [-0.2, 0) is 17.9 Å². The molecule has 2 heterocycles. The van der Waals surface area contributed by atoms with Crippen molar-refractivity contribution in [1.29, 1.82) is 0 Å². The number of imide groups is 1. The SMILES string of the molecule is COc1cc(/C=C2\SC(=O)N(Cc3ccccc3Cl)C2=O)cc(Br)c1OCc1ccccn1. The highest BCUT2D eigenvalue weighted by molar-refractivity contribution is 9.10. The smallest absolute Gasteiger partial charge is 0.293 e. The maximum atomic E-state index is 12.9. The molecule has 0 N–H and O–H groups in total. The number of rotatable bonds is 7. The lowest BCUT2D eigenvalue weighted by molar-refractivity contribution is -0.123. The third-order valence-corrected chi connectivity index (χ3v) is 6.67. The van der Waals surface area contributed by atoms with Gasteiger partial charge < -0.3 is 9.47 Å². The molecule has 0 saturated carbocycles. The lowest BCUT2D eigenvalue weighted by Gasteiger charge is -2.14. The summed E-state index contributed by atoms with van der Waals surface area (Å²) in [5.41, 5.74) is 2.18. The van der Waals surface area contributed by atoms with E-state index in [-0.39, 0.29) is 24.3 Å². The molecule has 6 nitrogen and oxygen atoms in total. The Labute approximate surface area is 208 Å². The molecule has 4 rings (SSSR count). The molecule has 1 aliphatic heterocycles. The van der Waals surface area contributed by atoms with Crippen LogP contribution in [0.1, 0.15) is 16.8 Å². The van der Waals surface area contributed by atoms with Crippen molar-refractivity contribution in [3.05, 3.63) is 92.0 Å². The van der Waals surface area contributed by atoms with E-state index >= 15 is 0 Å². The minimum absolute atomic E-state index is 0.120. The Kier molecular flexibility index (Phi) is 7.37. The van der Waals surface area contributed by atoms with Crippen LogP contribution in [0.2, 0.25) is 5.02 Å². The summed E-state index contributed by atoms with van der Waals surface area (Å²) in [6.07, 6.45) is 3.36. The van der Waals surface area contributed by atoms with Gasteiger partial charge in [0.05, 0.1) is 28.7 Å². The van der Waals surface area contributed by atoms with E-state index < -0.39 is 0 Å². The van der Waals surface area contributed by atoms with Crippen molar-refractivity contribution in [1.82, 2.24) is 9.88 Å². The van der Waals surface area contributed by atoms with Gasteiger partial charge in [0.2, 0.25) is 0 Å². The third kappa shape index (κ3) is 5.40. The van der Waals surface area contributed by atoms with Crippen LogP contribution in [0.3, 0.4) is 0 Å². The second-order valence-corrected chi connectivity index (χ2v) is 9.26. The molecule has 0 unspecified atom stereocenters. The number of ether oxygens (including phenoxy) is 2. The number of methoxy groups -OCH3 is 1. The molecule has 168 valence electrons. The molecule has 1 saturated heterocycles. The number of pyridine rings is 1. The van der Waals surface area contributed by atoms with Gasteiger partial charge in [-0.25, -0.2) is 0 Å². The number of hydrogen-bond donors (Lipinski definition) is 0. The average molecular weight is 546 g/mol. The number of thioether (sulfide) groups is 1. The maximum Gasteiger partial charge on any atom is 0.293 e. The standard InChI is InChI=1S/C24H18BrClN2O4S/c1-31-20-11-15(10-18(25)22(20)32-14-17-7-4-5-9-27-17)12-21-23(29)28(24(30)33-21)13-16-6-2-3-8-19(16)26/h2-12H,13-14H2,1H3/b21-12-. The molecule has 3 aromatic rings. The first-order chi connectivity index (χ1) is 16.0. The van der Waals surface area contributed by atoms with Gasteiger partial charge in [0.15, 0.2) is 11.5 Å². The number of amides is 2. The first-order valence-electron chi connectivity index (χ1n) is 9.85. The molecule has 2 amide bonds. The zero-order valence-corrected chi connectivity index (χ0v) is 20.6. The Morgan fingerprint density at radius 2 is 1.94 bits per heavy atom. The number of benzene rings is 2. The average Bonchev–Trinajstić information content (AvgIpc) is 3.07. The van der Waals surface area contributed by atoms with Crippen LogP contribution in [0.4, 0.5) is 4.79 Å². The van der Waals surface area contributed by atoms with E-state index in [2.05, 4.69) is 20.9 Å². The summed E-state index contributed by atoms with van der Waals surface area (Å²) in [4.78, 5) is 31.1. The van der Waals surface area contributed by atoms with Crippen LogP contribution < -0.4 is 9.47 Å². The fourth-order valence-corrected chi connectivity index (χ4v) is 4.79. The van der Waals surface area contributed by atoms with Gasteiger partial charge in [-0.15, -0.1) is 0 Å². The van der Waals surface area contributed by atoms with E-state index in [1.54, 1.807) is 42.6 Å². The van der Waals surface area contributed by atoms with E-state index in [4.69, 9.17) is 21.1 Å². The summed E-state index contributed by atoms with van der Waals surface area (Å²) in [5, 5.41) is 0.169. The minimum Gasteiger partial charge on any atom is -0.493 e. The third-order valence-electron chi connectivity index (χ3n) is 4.80. The van der Waals surface area contributed by atoms with Crippen LogP contribution in [0.5, 0.6) is 11.5 Å². The van der Waals surface area contributed by atoms with Gasteiger partial charge in [0.25, 0.3) is 11.1 Å². The predicted octanol–water partition coefficient (Wildman–Crippen LogP) is 6.32. The number of carbonyl (C=O) groups excluding carboxylic acids is 2. The van der Waals surface area contributed by atoms with Crippen LogP contribution in [-0.4, -0.2) is 28.1 Å². The molecule has 9 heteroatoms. The highest BCUT2D eigenvalue weighted by Gasteiger charge is 2.35. The van der Waals surface area contributed by atoms with E-state index in [0.717, 1.165) is 17.5 Å². The number of carbonyl (C=O) groups is 2. The summed E-state index contributed by atoms with van der Waals surface area (Å²) in [6.45, 7) is 0.394. The van der Waals surface area contributed by atoms with Gasteiger partial charge in [-0.3, -0.25) is 19.5 Å². The monoisotopic (exact) mass is 544 g/mol. The Hall–Kier alpha value is -2.81. The summed E-state index contributed by atoms with van der Waals surface area (Å²) < 4.78 is 12.0. The van der Waals surface area contributed by atoms with Gasteiger partial charge in [0, 0.05) is 11.2 Å². The zero-order valence-electron chi connectivity index (χ0n) is 17.5. The Morgan fingerprint density at radius 1 is 1.15 bits per heavy atom. The van der Waals surface area contributed by atoms with Crippen molar-refractivity contribution in [2.75, 3.05) is 7.11 Å². The molecular formula is C24H18BrClN2O4S. The lowest BCUT2D eigenvalue weighted by atomic mass is 10.1. The summed E-state index contributed by atoms with van der Waals surface area (Å²) >= 11 is 10.6. The molecular weight excluding hydrogens is 528 g/mol. The first kappa shape index (κ1) is 23.4. The summed E-state index contributed by atoms with van der Waals surface area (Å²) in [6, 6.07) is 16.3.